The van der Waals surface area contributed by atoms with Crippen LogP contribution in [0.3, 0.4) is 0 Å². The molecule has 0 spiro atoms. The van der Waals surface area contributed by atoms with E-state index in [4.69, 9.17) is 10.2 Å². The molecule has 0 fully saturated rings. The highest BCUT2D eigenvalue weighted by Gasteiger charge is 2.06. The summed E-state index contributed by atoms with van der Waals surface area (Å²) in [5, 5.41) is 21.2. The molecule has 1 aromatic carbocycles. The molecule has 0 aromatic heterocycles. The van der Waals surface area contributed by atoms with Gasteiger partial charge >= 0.3 is 0 Å². The Morgan fingerprint density at radius 3 is 2.33 bits per heavy atom. The molecule has 1 aromatic rings. The first kappa shape index (κ1) is 15.2. The van der Waals surface area contributed by atoms with Crippen LogP contribution in [-0.2, 0) is 6.54 Å². The zero-order valence-electron chi connectivity index (χ0n) is 11.4. The van der Waals surface area contributed by atoms with Gasteiger partial charge in [-0.15, -0.1) is 0 Å². The molecule has 102 valence electrons. The van der Waals surface area contributed by atoms with Crippen molar-refractivity contribution in [2.24, 2.45) is 0 Å². The van der Waals surface area contributed by atoms with Gasteiger partial charge in [0.05, 0.1) is 6.61 Å². The van der Waals surface area contributed by atoms with Gasteiger partial charge < -0.3 is 15.5 Å². The molecular weight excluding hydrogens is 226 g/mol. The molecule has 3 nitrogen and oxygen atoms in total. The molecule has 0 saturated carbocycles. The van der Waals surface area contributed by atoms with Crippen LogP contribution in [0.15, 0.2) is 24.3 Å². The van der Waals surface area contributed by atoms with E-state index in [-0.39, 0.29) is 19.3 Å². The van der Waals surface area contributed by atoms with Gasteiger partial charge in [-0.3, -0.25) is 0 Å². The Morgan fingerprint density at radius 2 is 1.83 bits per heavy atom. The van der Waals surface area contributed by atoms with E-state index in [0.29, 0.717) is 12.3 Å². The summed E-state index contributed by atoms with van der Waals surface area (Å²) < 4.78 is 0. The average Bonchev–Trinajstić information content (AvgIpc) is 2.43. The van der Waals surface area contributed by atoms with Crippen molar-refractivity contribution in [3.8, 4) is 0 Å². The molecular formula is C15H25NO2. The molecule has 0 aliphatic heterocycles. The van der Waals surface area contributed by atoms with E-state index < -0.39 is 0 Å². The second-order valence-electron chi connectivity index (χ2n) is 4.82. The Kier molecular flexibility index (Phi) is 6.94. The number of rotatable bonds is 8. The smallest absolute Gasteiger partial charge is 0.0585 e. The fourth-order valence-corrected chi connectivity index (χ4v) is 1.88. The molecule has 3 N–H and O–H groups in total. The van der Waals surface area contributed by atoms with Gasteiger partial charge in [0.15, 0.2) is 0 Å². The van der Waals surface area contributed by atoms with Gasteiger partial charge in [0.25, 0.3) is 0 Å². The molecule has 0 heterocycles. The van der Waals surface area contributed by atoms with Crippen LogP contribution >= 0.6 is 0 Å². The topological polar surface area (TPSA) is 52.5 Å². The van der Waals surface area contributed by atoms with E-state index in [2.05, 4.69) is 43.4 Å². The standard InChI is InChI=1S/C15H25NO2/c1-3-12(2)14-6-4-13(5-7-14)10-16-15(11-18)8-9-17/h4-7,12,15-18H,3,8-11H2,1-2H3. The molecule has 3 heteroatoms. The van der Waals surface area contributed by atoms with Gasteiger partial charge in [-0.1, -0.05) is 38.1 Å². The number of benzene rings is 1. The third-order valence-corrected chi connectivity index (χ3v) is 3.45. The van der Waals surface area contributed by atoms with E-state index in [9.17, 15) is 0 Å². The average molecular weight is 251 g/mol. The summed E-state index contributed by atoms with van der Waals surface area (Å²) in [5.74, 6) is 0.603. The Hall–Kier alpha value is -0.900. The highest BCUT2D eigenvalue weighted by molar-refractivity contribution is 5.24. The van der Waals surface area contributed by atoms with Crippen LogP contribution < -0.4 is 5.32 Å². The maximum absolute atomic E-state index is 9.11. The molecule has 2 unspecified atom stereocenters. The van der Waals surface area contributed by atoms with Crippen molar-refractivity contribution < 1.29 is 10.2 Å². The van der Waals surface area contributed by atoms with Crippen molar-refractivity contribution in [1.82, 2.24) is 5.32 Å². The van der Waals surface area contributed by atoms with Crippen LogP contribution in [0.5, 0.6) is 0 Å². The van der Waals surface area contributed by atoms with E-state index in [0.717, 1.165) is 13.0 Å². The van der Waals surface area contributed by atoms with Crippen molar-refractivity contribution >= 4 is 0 Å². The lowest BCUT2D eigenvalue weighted by atomic mass is 9.97. The summed E-state index contributed by atoms with van der Waals surface area (Å²) >= 11 is 0. The van der Waals surface area contributed by atoms with Gasteiger partial charge in [-0.05, 0) is 29.9 Å². The van der Waals surface area contributed by atoms with Crippen LogP contribution in [-0.4, -0.2) is 29.5 Å². The van der Waals surface area contributed by atoms with Crippen LogP contribution in [0.25, 0.3) is 0 Å². The number of aliphatic hydroxyl groups is 2. The minimum Gasteiger partial charge on any atom is -0.396 e. The highest BCUT2D eigenvalue weighted by atomic mass is 16.3. The summed E-state index contributed by atoms with van der Waals surface area (Å²) in [4.78, 5) is 0. The lowest BCUT2D eigenvalue weighted by Crippen LogP contribution is -2.32. The van der Waals surface area contributed by atoms with Gasteiger partial charge in [-0.25, -0.2) is 0 Å². The van der Waals surface area contributed by atoms with Crippen molar-refractivity contribution in [2.45, 2.75) is 45.2 Å². The second-order valence-corrected chi connectivity index (χ2v) is 4.82. The number of hydrogen-bond donors (Lipinski definition) is 3. The Balaban J connectivity index is 2.48. The highest BCUT2D eigenvalue weighted by Crippen LogP contribution is 2.18. The van der Waals surface area contributed by atoms with Crippen LogP contribution in [0.1, 0.15) is 43.7 Å². The first-order valence-electron chi connectivity index (χ1n) is 6.75. The van der Waals surface area contributed by atoms with Crippen molar-refractivity contribution in [1.29, 1.82) is 0 Å². The second kappa shape index (κ2) is 8.25. The normalized spacial score (nSPS) is 14.4. The number of aliphatic hydroxyl groups excluding tert-OH is 2. The molecule has 2 atom stereocenters. The third-order valence-electron chi connectivity index (χ3n) is 3.45. The minimum absolute atomic E-state index is 0.0239. The summed E-state index contributed by atoms with van der Waals surface area (Å²) in [6.07, 6.45) is 1.74. The summed E-state index contributed by atoms with van der Waals surface area (Å²) in [5.41, 5.74) is 2.58. The number of hydrogen-bond acceptors (Lipinski definition) is 3. The number of nitrogens with one attached hydrogen (secondary N) is 1. The van der Waals surface area contributed by atoms with Gasteiger partial charge in [0, 0.05) is 19.2 Å². The Morgan fingerprint density at radius 1 is 1.17 bits per heavy atom. The zero-order chi connectivity index (χ0) is 13.4. The SMILES string of the molecule is CCC(C)c1ccc(CNC(CO)CCO)cc1. The Labute approximate surface area is 110 Å². The molecule has 0 saturated heterocycles. The summed E-state index contributed by atoms with van der Waals surface area (Å²) in [7, 11) is 0. The first-order chi connectivity index (χ1) is 8.71. The summed E-state index contributed by atoms with van der Waals surface area (Å²) in [6, 6.07) is 8.57. The maximum atomic E-state index is 9.11. The first-order valence-corrected chi connectivity index (χ1v) is 6.75. The van der Waals surface area contributed by atoms with Crippen LogP contribution in [0.4, 0.5) is 0 Å². The van der Waals surface area contributed by atoms with Crippen LogP contribution in [0.2, 0.25) is 0 Å². The lowest BCUT2D eigenvalue weighted by Gasteiger charge is -2.15. The predicted octanol–water partition coefficient (Wildman–Crippen LogP) is 2.03. The molecule has 0 radical (unpaired) electrons. The molecule has 0 aliphatic carbocycles. The predicted molar refractivity (Wildman–Crippen MR) is 74.6 cm³/mol. The monoisotopic (exact) mass is 251 g/mol. The van der Waals surface area contributed by atoms with Gasteiger partial charge in [0.1, 0.15) is 0 Å². The molecule has 0 aliphatic rings. The largest absolute Gasteiger partial charge is 0.396 e. The molecule has 1 rings (SSSR count). The van der Waals surface area contributed by atoms with E-state index >= 15 is 0 Å². The van der Waals surface area contributed by atoms with E-state index in [1.165, 1.54) is 11.1 Å². The third kappa shape index (κ3) is 4.77. The zero-order valence-corrected chi connectivity index (χ0v) is 11.4. The lowest BCUT2D eigenvalue weighted by molar-refractivity contribution is 0.200. The van der Waals surface area contributed by atoms with Crippen LogP contribution in [0, 0.1) is 0 Å². The van der Waals surface area contributed by atoms with Crippen molar-refractivity contribution in [3.63, 3.8) is 0 Å². The van der Waals surface area contributed by atoms with Gasteiger partial charge in [-0.2, -0.15) is 0 Å². The minimum atomic E-state index is -0.0239. The fraction of sp³-hybridized carbons (Fsp3) is 0.600. The molecule has 0 amide bonds. The quantitative estimate of drug-likeness (QED) is 0.662. The fourth-order valence-electron chi connectivity index (χ4n) is 1.88. The Bertz CT molecular complexity index is 324. The molecule has 0 bridgehead atoms. The molecule has 18 heavy (non-hydrogen) atoms. The van der Waals surface area contributed by atoms with Crippen molar-refractivity contribution in [3.05, 3.63) is 35.4 Å². The summed E-state index contributed by atoms with van der Waals surface area (Å²) in [6.45, 7) is 5.32. The van der Waals surface area contributed by atoms with Gasteiger partial charge in [0.2, 0.25) is 0 Å². The van der Waals surface area contributed by atoms with E-state index in [1.807, 2.05) is 0 Å². The van der Waals surface area contributed by atoms with Crippen molar-refractivity contribution in [2.75, 3.05) is 13.2 Å². The van der Waals surface area contributed by atoms with E-state index in [1.54, 1.807) is 0 Å². The maximum Gasteiger partial charge on any atom is 0.0585 e.